The van der Waals surface area contributed by atoms with E-state index in [0.29, 0.717) is 0 Å². The number of pyridine rings is 1. The van der Waals surface area contributed by atoms with E-state index in [1.807, 2.05) is 13.1 Å². The van der Waals surface area contributed by atoms with E-state index in [0.717, 1.165) is 64.1 Å². The van der Waals surface area contributed by atoms with Crippen LogP contribution in [-0.2, 0) is 9.53 Å². The van der Waals surface area contributed by atoms with Gasteiger partial charge in [-0.25, -0.2) is 0 Å². The molecule has 1 spiro atoms. The van der Waals surface area contributed by atoms with E-state index in [-0.39, 0.29) is 17.5 Å². The Bertz CT molecular complexity index is 634. The maximum Gasteiger partial charge on any atom is 0.312 e. The van der Waals surface area contributed by atoms with E-state index in [2.05, 4.69) is 26.9 Å². The van der Waals surface area contributed by atoms with E-state index in [1.54, 1.807) is 0 Å². The molecular formula is C21H31N3O2. The Morgan fingerprint density at radius 2 is 1.96 bits per heavy atom. The van der Waals surface area contributed by atoms with Crippen LogP contribution in [0.15, 0.2) is 18.3 Å². The van der Waals surface area contributed by atoms with Crippen molar-refractivity contribution in [2.24, 2.45) is 5.41 Å². The van der Waals surface area contributed by atoms with Gasteiger partial charge in [-0.15, -0.1) is 0 Å². The molecule has 26 heavy (non-hydrogen) atoms. The van der Waals surface area contributed by atoms with Crippen molar-refractivity contribution in [1.82, 2.24) is 9.88 Å². The van der Waals surface area contributed by atoms with Gasteiger partial charge in [-0.1, -0.05) is 19.3 Å². The first-order valence-corrected chi connectivity index (χ1v) is 10.3. The van der Waals surface area contributed by atoms with Crippen LogP contribution in [0.5, 0.6) is 0 Å². The number of carbonyl (C=O) groups is 1. The van der Waals surface area contributed by atoms with Crippen LogP contribution in [0.1, 0.15) is 50.6 Å². The second-order valence-corrected chi connectivity index (χ2v) is 8.35. The van der Waals surface area contributed by atoms with Gasteiger partial charge in [0.15, 0.2) is 0 Å². The van der Waals surface area contributed by atoms with Crippen LogP contribution in [-0.4, -0.2) is 54.7 Å². The molecule has 2 saturated heterocycles. The summed E-state index contributed by atoms with van der Waals surface area (Å²) in [6.45, 7) is 7.34. The summed E-state index contributed by atoms with van der Waals surface area (Å²) in [5, 5.41) is 0. The first-order valence-electron chi connectivity index (χ1n) is 10.3. The van der Waals surface area contributed by atoms with Crippen LogP contribution in [0, 0.1) is 12.3 Å². The molecule has 3 fully saturated rings. The number of rotatable bonds is 4. The van der Waals surface area contributed by atoms with Gasteiger partial charge in [-0.3, -0.25) is 14.7 Å². The van der Waals surface area contributed by atoms with Crippen LogP contribution < -0.4 is 4.90 Å². The zero-order chi connectivity index (χ0) is 18.0. The zero-order valence-corrected chi connectivity index (χ0v) is 16.0. The maximum absolute atomic E-state index is 12.4. The lowest BCUT2D eigenvalue weighted by atomic mass is 9.72. The van der Waals surface area contributed by atoms with Gasteiger partial charge in [0.25, 0.3) is 0 Å². The second-order valence-electron chi connectivity index (χ2n) is 8.35. The van der Waals surface area contributed by atoms with E-state index < -0.39 is 0 Å². The Morgan fingerprint density at radius 3 is 2.69 bits per heavy atom. The summed E-state index contributed by atoms with van der Waals surface area (Å²) in [6.07, 6.45) is 9.74. The number of anilines is 1. The summed E-state index contributed by atoms with van der Waals surface area (Å²) in [7, 11) is 0. The van der Waals surface area contributed by atoms with Gasteiger partial charge in [-0.05, 0) is 38.3 Å². The summed E-state index contributed by atoms with van der Waals surface area (Å²) in [6, 6.07) is 4.27. The topological polar surface area (TPSA) is 45.7 Å². The molecule has 3 aliphatic rings. The number of hydrogen-bond acceptors (Lipinski definition) is 5. The van der Waals surface area contributed by atoms with Gasteiger partial charge in [0, 0.05) is 56.7 Å². The normalized spacial score (nSPS) is 26.3. The highest BCUT2D eigenvalue weighted by Gasteiger charge is 2.48. The van der Waals surface area contributed by atoms with Gasteiger partial charge in [0.2, 0.25) is 0 Å². The molecule has 5 nitrogen and oxygen atoms in total. The van der Waals surface area contributed by atoms with Crippen molar-refractivity contribution in [3.05, 3.63) is 24.0 Å². The molecule has 0 amide bonds. The molecule has 2 aliphatic heterocycles. The molecule has 1 atom stereocenters. The molecule has 0 radical (unpaired) electrons. The third kappa shape index (κ3) is 3.73. The summed E-state index contributed by atoms with van der Waals surface area (Å²) >= 11 is 0. The molecule has 1 aliphatic carbocycles. The third-order valence-electron chi connectivity index (χ3n) is 6.52. The van der Waals surface area contributed by atoms with E-state index in [4.69, 9.17) is 4.74 Å². The first-order chi connectivity index (χ1) is 12.6. The highest BCUT2D eigenvalue weighted by molar-refractivity contribution is 5.79. The van der Waals surface area contributed by atoms with Crippen molar-refractivity contribution in [2.75, 3.05) is 37.6 Å². The number of aryl methyl sites for hydroxylation is 1. The number of hydrogen-bond donors (Lipinski definition) is 0. The van der Waals surface area contributed by atoms with Crippen molar-refractivity contribution >= 4 is 11.7 Å². The number of ether oxygens (including phenoxy) is 1. The number of aromatic nitrogens is 1. The Labute approximate surface area is 156 Å². The highest BCUT2D eigenvalue weighted by atomic mass is 16.6. The van der Waals surface area contributed by atoms with Crippen molar-refractivity contribution in [2.45, 2.75) is 58.0 Å². The SMILES string of the molecule is Cc1cc(N2CCN(CCC3CC4(CCCCC4)C(=O)O3)CC2)ccn1. The van der Waals surface area contributed by atoms with Gasteiger partial charge < -0.3 is 9.64 Å². The van der Waals surface area contributed by atoms with Crippen LogP contribution in [0.25, 0.3) is 0 Å². The molecule has 0 bridgehead atoms. The van der Waals surface area contributed by atoms with Crippen LogP contribution in [0.4, 0.5) is 5.69 Å². The molecule has 1 aromatic rings. The van der Waals surface area contributed by atoms with Crippen LogP contribution >= 0.6 is 0 Å². The largest absolute Gasteiger partial charge is 0.462 e. The van der Waals surface area contributed by atoms with Gasteiger partial charge in [-0.2, -0.15) is 0 Å². The summed E-state index contributed by atoms with van der Waals surface area (Å²) < 4.78 is 5.77. The molecule has 3 heterocycles. The Hall–Kier alpha value is -1.62. The molecule has 1 unspecified atom stereocenters. The number of nitrogens with zero attached hydrogens (tertiary/aromatic N) is 3. The van der Waals surface area contributed by atoms with E-state index >= 15 is 0 Å². The lowest BCUT2D eigenvalue weighted by molar-refractivity contribution is -0.150. The number of piperazine rings is 1. The second kappa shape index (κ2) is 7.55. The quantitative estimate of drug-likeness (QED) is 0.775. The summed E-state index contributed by atoms with van der Waals surface area (Å²) in [5.41, 5.74) is 2.23. The molecule has 4 rings (SSSR count). The molecule has 0 N–H and O–H groups in total. The van der Waals surface area contributed by atoms with Crippen LogP contribution in [0.2, 0.25) is 0 Å². The monoisotopic (exact) mass is 357 g/mol. The predicted molar refractivity (Wildman–Crippen MR) is 102 cm³/mol. The number of carbonyl (C=O) groups excluding carboxylic acids is 1. The minimum absolute atomic E-state index is 0.0973. The van der Waals surface area contributed by atoms with Gasteiger partial charge in [0.1, 0.15) is 6.10 Å². The number of esters is 1. The number of cyclic esters (lactones) is 1. The van der Waals surface area contributed by atoms with Crippen molar-refractivity contribution in [3.63, 3.8) is 0 Å². The molecule has 1 aromatic heterocycles. The van der Waals surface area contributed by atoms with Gasteiger partial charge >= 0.3 is 5.97 Å². The van der Waals surface area contributed by atoms with Gasteiger partial charge in [0.05, 0.1) is 5.41 Å². The lowest BCUT2D eigenvalue weighted by Crippen LogP contribution is -2.47. The van der Waals surface area contributed by atoms with Crippen LogP contribution in [0.3, 0.4) is 0 Å². The highest BCUT2D eigenvalue weighted by Crippen LogP contribution is 2.46. The average Bonchev–Trinajstić information content (AvgIpc) is 2.96. The smallest absolute Gasteiger partial charge is 0.312 e. The van der Waals surface area contributed by atoms with E-state index in [1.165, 1.54) is 24.9 Å². The fourth-order valence-corrected chi connectivity index (χ4v) is 4.92. The Balaban J connectivity index is 1.24. The molecular weight excluding hydrogens is 326 g/mol. The summed E-state index contributed by atoms with van der Waals surface area (Å²) in [5.74, 6) is 0.0973. The predicted octanol–water partition coefficient (Wildman–Crippen LogP) is 3.17. The molecule has 0 aromatic carbocycles. The Morgan fingerprint density at radius 1 is 1.19 bits per heavy atom. The molecule has 142 valence electrons. The van der Waals surface area contributed by atoms with Crippen molar-refractivity contribution < 1.29 is 9.53 Å². The lowest BCUT2D eigenvalue weighted by Gasteiger charge is -2.36. The maximum atomic E-state index is 12.4. The minimum atomic E-state index is -0.124. The standard InChI is InChI=1S/C21H31N3O2/c1-17-15-18(5-9-22-17)24-13-11-23(12-14-24)10-6-19-16-21(20(25)26-19)7-3-2-4-8-21/h5,9,15,19H,2-4,6-8,10-14,16H2,1H3. The van der Waals surface area contributed by atoms with Crippen molar-refractivity contribution in [1.29, 1.82) is 0 Å². The average molecular weight is 357 g/mol. The zero-order valence-electron chi connectivity index (χ0n) is 16.0. The fraction of sp³-hybridized carbons (Fsp3) is 0.714. The molecule has 5 heteroatoms. The molecule has 1 saturated carbocycles. The Kier molecular flexibility index (Phi) is 5.16. The minimum Gasteiger partial charge on any atom is -0.462 e. The summed E-state index contributed by atoms with van der Waals surface area (Å²) in [4.78, 5) is 21.6. The van der Waals surface area contributed by atoms with Crippen molar-refractivity contribution in [3.8, 4) is 0 Å². The third-order valence-corrected chi connectivity index (χ3v) is 6.52. The fourth-order valence-electron chi connectivity index (χ4n) is 4.92. The van der Waals surface area contributed by atoms with E-state index in [9.17, 15) is 4.79 Å². The first kappa shape index (κ1) is 17.8.